The molecule has 0 radical (unpaired) electrons. The summed E-state index contributed by atoms with van der Waals surface area (Å²) >= 11 is 1.54. The highest BCUT2D eigenvalue weighted by atomic mass is 32.1. The number of likely N-dealkylation sites (N-methyl/N-ethyl adjacent to an activating group) is 1. The van der Waals surface area contributed by atoms with Crippen LogP contribution in [0.2, 0.25) is 0 Å². The summed E-state index contributed by atoms with van der Waals surface area (Å²) in [5.74, 6) is 0.0344. The number of aryl methyl sites for hydroxylation is 1. The predicted octanol–water partition coefficient (Wildman–Crippen LogP) is 2.55. The lowest BCUT2D eigenvalue weighted by molar-refractivity contribution is -0.118. The molecule has 0 saturated heterocycles. The molecule has 5 heteroatoms. The SMILES string of the molecule is CCc1cccc2sc(NC(=O)C3(NC)CC3)nc12. The first kappa shape index (κ1) is 12.6. The van der Waals surface area contributed by atoms with Crippen LogP contribution in [0.15, 0.2) is 18.2 Å². The lowest BCUT2D eigenvalue weighted by Crippen LogP contribution is -2.40. The third-order valence-electron chi connectivity index (χ3n) is 3.77. The Morgan fingerprint density at radius 1 is 1.47 bits per heavy atom. The van der Waals surface area contributed by atoms with Crippen molar-refractivity contribution < 1.29 is 4.79 Å². The number of nitrogens with one attached hydrogen (secondary N) is 2. The normalized spacial score (nSPS) is 16.5. The van der Waals surface area contributed by atoms with Crippen molar-refractivity contribution in [1.82, 2.24) is 10.3 Å². The number of aromatic nitrogens is 1. The molecule has 0 aliphatic heterocycles. The second kappa shape index (κ2) is 4.58. The standard InChI is InChI=1S/C14H17N3OS/c1-3-9-5-4-6-10-11(9)16-13(19-10)17-12(18)14(15-2)7-8-14/h4-6,15H,3,7-8H2,1-2H3,(H,16,17,18). The molecule has 1 amide bonds. The van der Waals surface area contributed by atoms with E-state index in [2.05, 4.69) is 28.6 Å². The van der Waals surface area contributed by atoms with Gasteiger partial charge in [-0.15, -0.1) is 0 Å². The number of hydrogen-bond donors (Lipinski definition) is 2. The molecular weight excluding hydrogens is 258 g/mol. The minimum Gasteiger partial charge on any atom is -0.306 e. The second-order valence-corrected chi connectivity index (χ2v) is 5.95. The lowest BCUT2D eigenvalue weighted by Gasteiger charge is -2.11. The Morgan fingerprint density at radius 2 is 2.26 bits per heavy atom. The van der Waals surface area contributed by atoms with Crippen molar-refractivity contribution in [2.45, 2.75) is 31.7 Å². The fraction of sp³-hybridized carbons (Fsp3) is 0.429. The Balaban J connectivity index is 1.88. The van der Waals surface area contributed by atoms with Crippen LogP contribution in [0.5, 0.6) is 0 Å². The number of amides is 1. The monoisotopic (exact) mass is 275 g/mol. The number of carbonyl (C=O) groups excluding carboxylic acids is 1. The number of nitrogens with zero attached hydrogens (tertiary/aromatic N) is 1. The zero-order chi connectivity index (χ0) is 13.5. The molecule has 1 heterocycles. The number of rotatable bonds is 4. The van der Waals surface area contributed by atoms with Gasteiger partial charge >= 0.3 is 0 Å². The van der Waals surface area contributed by atoms with Crippen LogP contribution in [-0.4, -0.2) is 23.5 Å². The van der Waals surface area contributed by atoms with Crippen molar-refractivity contribution in [1.29, 1.82) is 0 Å². The number of fused-ring (bicyclic) bond motifs is 1. The lowest BCUT2D eigenvalue weighted by atomic mass is 10.1. The second-order valence-electron chi connectivity index (χ2n) is 4.92. The number of anilines is 1. The summed E-state index contributed by atoms with van der Waals surface area (Å²) in [6.07, 6.45) is 2.76. The number of para-hydroxylation sites is 1. The molecule has 1 fully saturated rings. The Labute approximate surface area is 116 Å². The van der Waals surface area contributed by atoms with Gasteiger partial charge in [0.25, 0.3) is 0 Å². The summed E-state index contributed by atoms with van der Waals surface area (Å²) < 4.78 is 1.13. The van der Waals surface area contributed by atoms with E-state index in [1.807, 2.05) is 19.2 Å². The molecule has 2 aromatic rings. The van der Waals surface area contributed by atoms with Crippen LogP contribution in [0, 0.1) is 0 Å². The Bertz CT molecular complexity index is 631. The number of carbonyl (C=O) groups is 1. The zero-order valence-electron chi connectivity index (χ0n) is 11.1. The quantitative estimate of drug-likeness (QED) is 0.901. The summed E-state index contributed by atoms with van der Waals surface area (Å²) in [6.45, 7) is 2.12. The van der Waals surface area contributed by atoms with Gasteiger partial charge < -0.3 is 10.6 Å². The van der Waals surface area contributed by atoms with E-state index in [0.29, 0.717) is 5.13 Å². The van der Waals surface area contributed by atoms with Gasteiger partial charge in [-0.25, -0.2) is 4.98 Å². The minimum atomic E-state index is -0.356. The van der Waals surface area contributed by atoms with Gasteiger partial charge in [0.2, 0.25) is 5.91 Å². The molecule has 0 spiro atoms. The highest BCUT2D eigenvalue weighted by molar-refractivity contribution is 7.22. The Hall–Kier alpha value is -1.46. The first-order chi connectivity index (χ1) is 9.18. The molecule has 0 atom stereocenters. The topological polar surface area (TPSA) is 54.0 Å². The van der Waals surface area contributed by atoms with Gasteiger partial charge in [0.1, 0.15) is 0 Å². The van der Waals surface area contributed by atoms with E-state index in [-0.39, 0.29) is 11.4 Å². The maximum absolute atomic E-state index is 12.2. The maximum atomic E-state index is 12.2. The van der Waals surface area contributed by atoms with E-state index in [9.17, 15) is 4.79 Å². The van der Waals surface area contributed by atoms with E-state index in [4.69, 9.17) is 0 Å². The first-order valence-electron chi connectivity index (χ1n) is 6.57. The fourth-order valence-corrected chi connectivity index (χ4v) is 3.19. The summed E-state index contributed by atoms with van der Waals surface area (Å²) in [7, 11) is 1.83. The molecular formula is C14H17N3OS. The largest absolute Gasteiger partial charge is 0.306 e. The highest BCUT2D eigenvalue weighted by Gasteiger charge is 2.48. The Morgan fingerprint density at radius 3 is 2.89 bits per heavy atom. The third-order valence-corrected chi connectivity index (χ3v) is 4.70. The van der Waals surface area contributed by atoms with Gasteiger partial charge in [-0.2, -0.15) is 0 Å². The van der Waals surface area contributed by atoms with Gasteiger partial charge in [-0.3, -0.25) is 4.79 Å². The van der Waals surface area contributed by atoms with Crippen LogP contribution in [0.4, 0.5) is 5.13 Å². The third kappa shape index (κ3) is 2.13. The van der Waals surface area contributed by atoms with E-state index in [1.54, 1.807) is 0 Å². The Kier molecular flexibility index (Phi) is 3.03. The molecule has 1 aliphatic rings. The molecule has 4 nitrogen and oxygen atoms in total. The van der Waals surface area contributed by atoms with Crippen LogP contribution in [0.25, 0.3) is 10.2 Å². The summed E-state index contributed by atoms with van der Waals surface area (Å²) in [4.78, 5) is 16.7. The molecule has 1 saturated carbocycles. The average molecular weight is 275 g/mol. The molecule has 1 aliphatic carbocycles. The van der Waals surface area contributed by atoms with Crippen molar-refractivity contribution in [2.24, 2.45) is 0 Å². The molecule has 19 heavy (non-hydrogen) atoms. The van der Waals surface area contributed by atoms with E-state index in [0.717, 1.165) is 29.5 Å². The molecule has 0 unspecified atom stereocenters. The predicted molar refractivity (Wildman–Crippen MR) is 78.7 cm³/mol. The zero-order valence-corrected chi connectivity index (χ0v) is 11.9. The van der Waals surface area contributed by atoms with Crippen molar-refractivity contribution in [3.63, 3.8) is 0 Å². The van der Waals surface area contributed by atoms with Crippen molar-refractivity contribution in [2.75, 3.05) is 12.4 Å². The van der Waals surface area contributed by atoms with Gasteiger partial charge in [0, 0.05) is 0 Å². The van der Waals surface area contributed by atoms with Crippen LogP contribution in [-0.2, 0) is 11.2 Å². The van der Waals surface area contributed by atoms with Crippen molar-refractivity contribution in [3.05, 3.63) is 23.8 Å². The van der Waals surface area contributed by atoms with Gasteiger partial charge in [-0.1, -0.05) is 30.4 Å². The summed E-state index contributed by atoms with van der Waals surface area (Å²) in [5.41, 5.74) is 1.88. The van der Waals surface area contributed by atoms with Gasteiger partial charge in [-0.05, 0) is 37.9 Å². The van der Waals surface area contributed by atoms with Crippen LogP contribution in [0.3, 0.4) is 0 Å². The molecule has 100 valence electrons. The van der Waals surface area contributed by atoms with Gasteiger partial charge in [0.05, 0.1) is 15.8 Å². The number of benzene rings is 1. The minimum absolute atomic E-state index is 0.0344. The first-order valence-corrected chi connectivity index (χ1v) is 7.39. The van der Waals surface area contributed by atoms with Crippen molar-refractivity contribution >= 4 is 32.6 Å². The van der Waals surface area contributed by atoms with E-state index >= 15 is 0 Å². The van der Waals surface area contributed by atoms with Crippen LogP contribution >= 0.6 is 11.3 Å². The van der Waals surface area contributed by atoms with Crippen LogP contribution in [0.1, 0.15) is 25.3 Å². The van der Waals surface area contributed by atoms with E-state index in [1.165, 1.54) is 16.9 Å². The number of thiazole rings is 1. The van der Waals surface area contributed by atoms with Gasteiger partial charge in [0.15, 0.2) is 5.13 Å². The average Bonchev–Trinajstić information content (AvgIpc) is 3.12. The maximum Gasteiger partial charge on any atom is 0.246 e. The number of hydrogen-bond acceptors (Lipinski definition) is 4. The summed E-state index contributed by atoms with van der Waals surface area (Å²) in [6, 6.07) is 6.18. The van der Waals surface area contributed by atoms with Crippen LogP contribution < -0.4 is 10.6 Å². The van der Waals surface area contributed by atoms with E-state index < -0.39 is 0 Å². The van der Waals surface area contributed by atoms with Crippen molar-refractivity contribution in [3.8, 4) is 0 Å². The smallest absolute Gasteiger partial charge is 0.246 e. The molecule has 1 aromatic carbocycles. The summed E-state index contributed by atoms with van der Waals surface area (Å²) in [5, 5.41) is 6.73. The molecule has 0 bridgehead atoms. The molecule has 1 aromatic heterocycles. The molecule has 2 N–H and O–H groups in total. The molecule has 3 rings (SSSR count). The highest BCUT2D eigenvalue weighted by Crippen LogP contribution is 2.37. The fourth-order valence-electron chi connectivity index (χ4n) is 2.28.